The molecule has 0 bridgehead atoms. The summed E-state index contributed by atoms with van der Waals surface area (Å²) in [7, 11) is 3.42. The van der Waals surface area contributed by atoms with Gasteiger partial charge >= 0.3 is 0 Å². The minimum atomic E-state index is 0.578. The Morgan fingerprint density at radius 1 is 0.528 bits per heavy atom. The second-order valence-corrected chi connectivity index (χ2v) is 8.63. The summed E-state index contributed by atoms with van der Waals surface area (Å²) < 4.78 is 34.5. The Labute approximate surface area is 216 Å². The molecule has 1 saturated heterocycles. The van der Waals surface area contributed by atoms with Gasteiger partial charge < -0.3 is 28.4 Å². The fourth-order valence-corrected chi connectivity index (χ4v) is 4.11. The SMILES string of the molecule is COc1ccccc1CN1CCOCCOCCN(Cc2ccccc2OC)CCOCCOCC1. The zero-order chi connectivity index (χ0) is 25.3. The maximum atomic E-state index is 5.87. The van der Waals surface area contributed by atoms with Crippen molar-refractivity contribution in [1.29, 1.82) is 0 Å². The topological polar surface area (TPSA) is 61.9 Å². The Kier molecular flexibility index (Phi) is 13.6. The number of benzene rings is 2. The van der Waals surface area contributed by atoms with Crippen LogP contribution in [0.25, 0.3) is 0 Å². The standard InChI is InChI=1S/C28H42N2O6/c1-31-27-9-5-3-7-25(27)23-29-11-15-33-19-21-35-17-13-30(14-18-36-22-20-34-16-12-29)24-26-8-4-6-10-28(26)32-2/h3-10H,11-24H2,1-2H3. The van der Waals surface area contributed by atoms with E-state index in [9.17, 15) is 0 Å². The van der Waals surface area contributed by atoms with Gasteiger partial charge in [0.25, 0.3) is 0 Å². The molecule has 0 unspecified atom stereocenters. The number of ether oxygens (including phenoxy) is 6. The molecule has 0 N–H and O–H groups in total. The van der Waals surface area contributed by atoms with Crippen molar-refractivity contribution in [1.82, 2.24) is 9.80 Å². The summed E-state index contributed by atoms with van der Waals surface area (Å²) in [4.78, 5) is 4.66. The summed E-state index contributed by atoms with van der Waals surface area (Å²) in [6.45, 7) is 9.68. The first kappa shape index (κ1) is 28.4. The van der Waals surface area contributed by atoms with Gasteiger partial charge in [0.1, 0.15) is 11.5 Å². The van der Waals surface area contributed by atoms with E-state index in [-0.39, 0.29) is 0 Å². The number of methoxy groups -OCH3 is 2. The van der Waals surface area contributed by atoms with Crippen LogP contribution < -0.4 is 9.47 Å². The Hall–Kier alpha value is -2.20. The molecule has 1 aliphatic rings. The van der Waals surface area contributed by atoms with Crippen molar-refractivity contribution in [2.45, 2.75) is 13.1 Å². The molecule has 0 atom stereocenters. The Morgan fingerprint density at radius 3 is 1.19 bits per heavy atom. The van der Waals surface area contributed by atoms with E-state index in [1.54, 1.807) is 14.2 Å². The highest BCUT2D eigenvalue weighted by Crippen LogP contribution is 2.20. The van der Waals surface area contributed by atoms with Crippen LogP contribution in [0.3, 0.4) is 0 Å². The van der Waals surface area contributed by atoms with E-state index in [4.69, 9.17) is 28.4 Å². The van der Waals surface area contributed by atoms with Crippen LogP contribution >= 0.6 is 0 Å². The van der Waals surface area contributed by atoms with Crippen molar-refractivity contribution in [2.24, 2.45) is 0 Å². The highest BCUT2D eigenvalue weighted by atomic mass is 16.5. The molecule has 0 amide bonds. The fraction of sp³-hybridized carbons (Fsp3) is 0.571. The molecular formula is C28H42N2O6. The molecule has 0 radical (unpaired) electrons. The van der Waals surface area contributed by atoms with Crippen molar-refractivity contribution in [3.63, 3.8) is 0 Å². The van der Waals surface area contributed by atoms with Gasteiger partial charge in [-0.05, 0) is 12.1 Å². The summed E-state index contributed by atoms with van der Waals surface area (Å²) in [5.74, 6) is 1.81. The fourth-order valence-electron chi connectivity index (χ4n) is 4.11. The molecule has 0 aromatic heterocycles. The quantitative estimate of drug-likeness (QED) is 0.597. The molecule has 1 heterocycles. The first-order valence-electron chi connectivity index (χ1n) is 12.8. The second kappa shape index (κ2) is 17.3. The van der Waals surface area contributed by atoms with E-state index < -0.39 is 0 Å². The average molecular weight is 503 g/mol. The van der Waals surface area contributed by atoms with Crippen LogP contribution in [0.5, 0.6) is 11.5 Å². The Balaban J connectivity index is 1.48. The van der Waals surface area contributed by atoms with Gasteiger partial charge in [-0.25, -0.2) is 0 Å². The van der Waals surface area contributed by atoms with Crippen LogP contribution in [0.15, 0.2) is 48.5 Å². The summed E-state index contributed by atoms with van der Waals surface area (Å²) in [6.07, 6.45) is 0. The van der Waals surface area contributed by atoms with E-state index in [1.807, 2.05) is 36.4 Å². The molecule has 36 heavy (non-hydrogen) atoms. The average Bonchev–Trinajstić information content (AvgIpc) is 2.91. The van der Waals surface area contributed by atoms with Crippen LogP contribution in [0, 0.1) is 0 Å². The molecule has 8 nitrogen and oxygen atoms in total. The third-order valence-electron chi connectivity index (χ3n) is 6.12. The van der Waals surface area contributed by atoms with Crippen LogP contribution in [0.2, 0.25) is 0 Å². The molecule has 3 rings (SSSR count). The maximum Gasteiger partial charge on any atom is 0.123 e. The normalized spacial score (nSPS) is 18.7. The summed E-state index contributed by atoms with van der Waals surface area (Å²) in [5, 5.41) is 0. The zero-order valence-electron chi connectivity index (χ0n) is 21.9. The molecule has 1 fully saturated rings. The van der Waals surface area contributed by atoms with Crippen LogP contribution in [0.4, 0.5) is 0 Å². The predicted octanol–water partition coefficient (Wildman–Crippen LogP) is 3.09. The van der Waals surface area contributed by atoms with E-state index in [2.05, 4.69) is 21.9 Å². The van der Waals surface area contributed by atoms with E-state index in [1.165, 1.54) is 0 Å². The lowest BCUT2D eigenvalue weighted by molar-refractivity contribution is 0.00611. The number of hydrogen-bond donors (Lipinski definition) is 0. The monoisotopic (exact) mass is 502 g/mol. The third kappa shape index (κ3) is 10.4. The van der Waals surface area contributed by atoms with Crippen molar-refractivity contribution >= 4 is 0 Å². The minimum absolute atomic E-state index is 0.578. The molecular weight excluding hydrogens is 460 g/mol. The van der Waals surface area contributed by atoms with Crippen molar-refractivity contribution < 1.29 is 28.4 Å². The third-order valence-corrected chi connectivity index (χ3v) is 6.12. The number of hydrogen-bond acceptors (Lipinski definition) is 8. The van der Waals surface area contributed by atoms with Gasteiger partial charge in [-0.1, -0.05) is 36.4 Å². The van der Waals surface area contributed by atoms with Gasteiger partial charge in [0.2, 0.25) is 0 Å². The smallest absolute Gasteiger partial charge is 0.123 e. The molecule has 2 aromatic rings. The lowest BCUT2D eigenvalue weighted by Crippen LogP contribution is -2.33. The van der Waals surface area contributed by atoms with Crippen LogP contribution in [-0.4, -0.2) is 103 Å². The molecule has 200 valence electrons. The van der Waals surface area contributed by atoms with Crippen molar-refractivity contribution in [3.8, 4) is 11.5 Å². The molecule has 2 aromatic carbocycles. The lowest BCUT2D eigenvalue weighted by Gasteiger charge is -2.24. The minimum Gasteiger partial charge on any atom is -0.496 e. The Bertz CT molecular complexity index is 763. The highest BCUT2D eigenvalue weighted by Gasteiger charge is 2.12. The number of rotatable bonds is 6. The lowest BCUT2D eigenvalue weighted by atomic mass is 10.2. The van der Waals surface area contributed by atoms with Crippen molar-refractivity contribution in [3.05, 3.63) is 59.7 Å². The van der Waals surface area contributed by atoms with Crippen LogP contribution in [0.1, 0.15) is 11.1 Å². The number of nitrogens with zero attached hydrogens (tertiary/aromatic N) is 2. The zero-order valence-corrected chi connectivity index (χ0v) is 21.9. The van der Waals surface area contributed by atoms with Gasteiger partial charge in [0.15, 0.2) is 0 Å². The molecule has 0 aliphatic carbocycles. The first-order valence-corrected chi connectivity index (χ1v) is 12.8. The van der Waals surface area contributed by atoms with E-state index in [0.29, 0.717) is 52.9 Å². The van der Waals surface area contributed by atoms with Gasteiger partial charge in [0.05, 0.1) is 67.1 Å². The van der Waals surface area contributed by atoms with E-state index >= 15 is 0 Å². The molecule has 0 spiro atoms. The maximum absolute atomic E-state index is 5.87. The molecule has 0 saturated carbocycles. The number of para-hydroxylation sites is 2. The van der Waals surface area contributed by atoms with Crippen LogP contribution in [-0.2, 0) is 32.0 Å². The molecule has 8 heteroatoms. The van der Waals surface area contributed by atoms with Gasteiger partial charge in [0, 0.05) is 50.4 Å². The molecule has 1 aliphatic heterocycles. The largest absolute Gasteiger partial charge is 0.496 e. The van der Waals surface area contributed by atoms with Gasteiger partial charge in [-0.3, -0.25) is 9.80 Å². The summed E-state index contributed by atoms with van der Waals surface area (Å²) in [6, 6.07) is 16.3. The second-order valence-electron chi connectivity index (χ2n) is 8.63. The predicted molar refractivity (Wildman–Crippen MR) is 140 cm³/mol. The van der Waals surface area contributed by atoms with E-state index in [0.717, 1.165) is 61.9 Å². The summed E-state index contributed by atoms with van der Waals surface area (Å²) in [5.41, 5.74) is 2.32. The summed E-state index contributed by atoms with van der Waals surface area (Å²) >= 11 is 0. The van der Waals surface area contributed by atoms with Crippen molar-refractivity contribution in [2.75, 3.05) is 93.3 Å². The first-order chi connectivity index (χ1) is 17.8. The van der Waals surface area contributed by atoms with Gasteiger partial charge in [-0.2, -0.15) is 0 Å². The van der Waals surface area contributed by atoms with Gasteiger partial charge in [-0.15, -0.1) is 0 Å². The highest BCUT2D eigenvalue weighted by molar-refractivity contribution is 5.33. The Morgan fingerprint density at radius 2 is 0.861 bits per heavy atom.